The first-order valence-corrected chi connectivity index (χ1v) is 5.90. The van der Waals surface area contributed by atoms with E-state index in [2.05, 4.69) is 24.1 Å². The van der Waals surface area contributed by atoms with E-state index in [1.807, 2.05) is 18.2 Å². The van der Waals surface area contributed by atoms with Crippen LogP contribution in [0.5, 0.6) is 5.75 Å². The lowest BCUT2D eigenvalue weighted by Gasteiger charge is -2.35. The molecule has 4 nitrogen and oxygen atoms in total. The van der Waals surface area contributed by atoms with Crippen molar-refractivity contribution in [2.24, 2.45) is 0 Å². The number of carbonyl (C=O) groups is 1. The van der Waals surface area contributed by atoms with Crippen molar-refractivity contribution in [2.75, 3.05) is 23.9 Å². The van der Waals surface area contributed by atoms with Crippen molar-refractivity contribution >= 4 is 17.3 Å². The van der Waals surface area contributed by atoms with E-state index in [-0.39, 0.29) is 5.91 Å². The topological polar surface area (TPSA) is 41.6 Å². The lowest BCUT2D eigenvalue weighted by Crippen LogP contribution is -2.43. The van der Waals surface area contributed by atoms with Crippen LogP contribution < -0.4 is 15.0 Å². The number of methoxy groups -OCH3 is 1. The average Bonchev–Trinajstić information content (AvgIpc) is 2.35. The molecule has 4 heteroatoms. The van der Waals surface area contributed by atoms with E-state index in [4.69, 9.17) is 4.74 Å². The number of amides is 1. The van der Waals surface area contributed by atoms with Crippen molar-refractivity contribution in [1.29, 1.82) is 0 Å². The molecule has 0 fully saturated rings. The van der Waals surface area contributed by atoms with Gasteiger partial charge in [0.15, 0.2) is 0 Å². The predicted molar refractivity (Wildman–Crippen MR) is 68.7 cm³/mol. The van der Waals surface area contributed by atoms with Crippen LogP contribution in [0.15, 0.2) is 18.2 Å². The second-order valence-electron chi connectivity index (χ2n) is 4.32. The fraction of sp³-hybridized carbons (Fsp3) is 0.462. The second-order valence-corrected chi connectivity index (χ2v) is 4.32. The van der Waals surface area contributed by atoms with Crippen LogP contribution >= 0.6 is 0 Å². The van der Waals surface area contributed by atoms with Crippen LogP contribution in [-0.2, 0) is 4.79 Å². The third-order valence-corrected chi connectivity index (χ3v) is 3.22. The molecule has 0 radical (unpaired) electrons. The van der Waals surface area contributed by atoms with E-state index >= 15 is 0 Å². The van der Waals surface area contributed by atoms with Gasteiger partial charge in [-0.05, 0) is 25.5 Å². The van der Waals surface area contributed by atoms with Crippen LogP contribution in [0.1, 0.15) is 20.3 Å². The molecule has 1 N–H and O–H groups in total. The fourth-order valence-corrected chi connectivity index (χ4v) is 2.04. The SMILES string of the molecule is CCC(C)N1CC(=O)Nc2cc(OC)ccc21. The number of hydrogen-bond donors (Lipinski definition) is 1. The molecule has 1 atom stereocenters. The summed E-state index contributed by atoms with van der Waals surface area (Å²) < 4.78 is 5.17. The molecule has 0 saturated heterocycles. The summed E-state index contributed by atoms with van der Waals surface area (Å²) in [6.07, 6.45) is 1.01. The lowest BCUT2D eigenvalue weighted by molar-refractivity contribution is -0.115. The number of hydrogen-bond acceptors (Lipinski definition) is 3. The summed E-state index contributed by atoms with van der Waals surface area (Å²) in [6.45, 7) is 4.68. The molecular formula is C13H18N2O2. The van der Waals surface area contributed by atoms with E-state index in [1.165, 1.54) is 0 Å². The molecule has 1 aromatic rings. The van der Waals surface area contributed by atoms with Crippen LogP contribution in [0, 0.1) is 0 Å². The Hall–Kier alpha value is -1.71. The van der Waals surface area contributed by atoms with Crippen molar-refractivity contribution in [3.63, 3.8) is 0 Å². The molecule has 1 amide bonds. The molecule has 1 aliphatic heterocycles. The van der Waals surface area contributed by atoms with Crippen LogP contribution in [0.4, 0.5) is 11.4 Å². The lowest BCUT2D eigenvalue weighted by atomic mass is 10.1. The Labute approximate surface area is 102 Å². The van der Waals surface area contributed by atoms with Gasteiger partial charge in [-0.25, -0.2) is 0 Å². The van der Waals surface area contributed by atoms with E-state index in [9.17, 15) is 4.79 Å². The van der Waals surface area contributed by atoms with Gasteiger partial charge in [-0.3, -0.25) is 4.79 Å². The molecule has 17 heavy (non-hydrogen) atoms. The molecule has 0 spiro atoms. The summed E-state index contributed by atoms with van der Waals surface area (Å²) in [7, 11) is 1.62. The van der Waals surface area contributed by atoms with E-state index < -0.39 is 0 Å². The Morgan fingerprint density at radius 2 is 2.29 bits per heavy atom. The predicted octanol–water partition coefficient (Wildman–Crippen LogP) is 2.25. The highest BCUT2D eigenvalue weighted by atomic mass is 16.5. The van der Waals surface area contributed by atoms with Crippen LogP contribution in [0.2, 0.25) is 0 Å². The highest BCUT2D eigenvalue weighted by molar-refractivity contribution is 6.01. The van der Waals surface area contributed by atoms with Gasteiger partial charge in [-0.1, -0.05) is 6.92 Å². The van der Waals surface area contributed by atoms with Gasteiger partial charge in [0, 0.05) is 12.1 Å². The number of anilines is 2. The first-order chi connectivity index (χ1) is 8.15. The Bertz CT molecular complexity index is 431. The maximum absolute atomic E-state index is 11.7. The Morgan fingerprint density at radius 1 is 1.53 bits per heavy atom. The Kier molecular flexibility index (Phi) is 3.22. The molecule has 92 valence electrons. The fourth-order valence-electron chi connectivity index (χ4n) is 2.04. The summed E-state index contributed by atoms with van der Waals surface area (Å²) in [5.74, 6) is 0.793. The third-order valence-electron chi connectivity index (χ3n) is 3.22. The maximum Gasteiger partial charge on any atom is 0.243 e. The maximum atomic E-state index is 11.7. The van der Waals surface area contributed by atoms with E-state index in [0.29, 0.717) is 12.6 Å². The monoisotopic (exact) mass is 234 g/mol. The van der Waals surface area contributed by atoms with Crippen molar-refractivity contribution in [1.82, 2.24) is 0 Å². The number of carbonyl (C=O) groups excluding carboxylic acids is 1. The first kappa shape index (κ1) is 11.8. The molecule has 0 saturated carbocycles. The van der Waals surface area contributed by atoms with Gasteiger partial charge in [0.25, 0.3) is 0 Å². The van der Waals surface area contributed by atoms with Gasteiger partial charge < -0.3 is 15.0 Å². The van der Waals surface area contributed by atoms with Crippen LogP contribution in [0.25, 0.3) is 0 Å². The summed E-state index contributed by atoms with van der Waals surface area (Å²) in [6, 6.07) is 6.14. The second kappa shape index (κ2) is 4.65. The number of ether oxygens (including phenoxy) is 1. The minimum atomic E-state index is 0.0334. The molecule has 1 aromatic carbocycles. The van der Waals surface area contributed by atoms with Gasteiger partial charge in [0.2, 0.25) is 5.91 Å². The van der Waals surface area contributed by atoms with Crippen LogP contribution in [0.3, 0.4) is 0 Å². The van der Waals surface area contributed by atoms with Gasteiger partial charge in [0.05, 0.1) is 25.0 Å². The quantitative estimate of drug-likeness (QED) is 0.872. The van der Waals surface area contributed by atoms with Crippen molar-refractivity contribution in [2.45, 2.75) is 26.3 Å². The molecule has 1 heterocycles. The highest BCUT2D eigenvalue weighted by Gasteiger charge is 2.25. The van der Waals surface area contributed by atoms with Gasteiger partial charge in [-0.2, -0.15) is 0 Å². The first-order valence-electron chi connectivity index (χ1n) is 5.90. The standard InChI is InChI=1S/C13H18N2O2/c1-4-9(2)15-8-13(16)14-11-7-10(17-3)5-6-12(11)15/h5-7,9H,4,8H2,1-3H3,(H,14,16). The molecule has 0 aliphatic carbocycles. The number of nitrogens with one attached hydrogen (secondary N) is 1. The highest BCUT2D eigenvalue weighted by Crippen LogP contribution is 2.34. The normalized spacial score (nSPS) is 16.2. The summed E-state index contributed by atoms with van der Waals surface area (Å²) in [5, 5.41) is 2.88. The zero-order valence-electron chi connectivity index (χ0n) is 10.5. The molecule has 1 unspecified atom stereocenters. The largest absolute Gasteiger partial charge is 0.497 e. The summed E-state index contributed by atoms with van der Waals surface area (Å²) in [4.78, 5) is 13.8. The van der Waals surface area contributed by atoms with E-state index in [1.54, 1.807) is 7.11 Å². The van der Waals surface area contributed by atoms with Crippen molar-refractivity contribution in [3.8, 4) is 5.75 Å². The molecule has 0 bridgehead atoms. The Morgan fingerprint density at radius 3 is 2.94 bits per heavy atom. The zero-order valence-corrected chi connectivity index (χ0v) is 10.5. The van der Waals surface area contributed by atoms with Crippen LogP contribution in [-0.4, -0.2) is 25.6 Å². The van der Waals surface area contributed by atoms with Gasteiger partial charge in [0.1, 0.15) is 5.75 Å². The number of rotatable bonds is 3. The minimum Gasteiger partial charge on any atom is -0.497 e. The number of nitrogens with zero attached hydrogens (tertiary/aromatic N) is 1. The molecule has 0 aromatic heterocycles. The number of benzene rings is 1. The molecule has 1 aliphatic rings. The summed E-state index contributed by atoms with van der Waals surface area (Å²) in [5.41, 5.74) is 1.90. The van der Waals surface area contributed by atoms with Gasteiger partial charge >= 0.3 is 0 Å². The number of fused-ring (bicyclic) bond motifs is 1. The van der Waals surface area contributed by atoms with Crippen molar-refractivity contribution in [3.05, 3.63) is 18.2 Å². The van der Waals surface area contributed by atoms with E-state index in [0.717, 1.165) is 23.5 Å². The van der Waals surface area contributed by atoms with Crippen molar-refractivity contribution < 1.29 is 9.53 Å². The third kappa shape index (κ3) is 2.20. The zero-order chi connectivity index (χ0) is 12.4. The summed E-state index contributed by atoms with van der Waals surface area (Å²) >= 11 is 0. The Balaban J connectivity index is 2.40. The molecule has 2 rings (SSSR count). The minimum absolute atomic E-state index is 0.0334. The molecular weight excluding hydrogens is 216 g/mol. The average molecular weight is 234 g/mol. The van der Waals surface area contributed by atoms with Gasteiger partial charge in [-0.15, -0.1) is 0 Å². The smallest absolute Gasteiger partial charge is 0.243 e.